The minimum atomic E-state index is -0.381. The van der Waals surface area contributed by atoms with E-state index in [1.165, 1.54) is 6.33 Å². The van der Waals surface area contributed by atoms with Crippen molar-refractivity contribution in [1.29, 1.82) is 0 Å². The lowest BCUT2D eigenvalue weighted by Crippen LogP contribution is -2.49. The lowest BCUT2D eigenvalue weighted by molar-refractivity contribution is -0.272. The molecule has 6 rings (SSSR count). The molecule has 1 saturated heterocycles. The summed E-state index contributed by atoms with van der Waals surface area (Å²) < 4.78 is 21.3. The molecule has 1 aliphatic carbocycles. The molecule has 34 heavy (non-hydrogen) atoms. The summed E-state index contributed by atoms with van der Waals surface area (Å²) in [6.07, 6.45) is 4.50. The molecule has 0 spiro atoms. The quantitative estimate of drug-likeness (QED) is 0.483. The Labute approximate surface area is 197 Å². The number of benzene rings is 2. The van der Waals surface area contributed by atoms with Gasteiger partial charge in [0.1, 0.15) is 11.8 Å². The maximum Gasteiger partial charge on any atom is 0.184 e. The third-order valence-corrected chi connectivity index (χ3v) is 6.86. The van der Waals surface area contributed by atoms with Crippen LogP contribution < -0.4 is 5.73 Å². The van der Waals surface area contributed by atoms with Crippen LogP contribution in [0.5, 0.6) is 0 Å². The van der Waals surface area contributed by atoms with Gasteiger partial charge in [0.2, 0.25) is 0 Å². The summed E-state index contributed by atoms with van der Waals surface area (Å²) in [5, 5.41) is 0. The van der Waals surface area contributed by atoms with Crippen molar-refractivity contribution in [3.05, 3.63) is 84.4 Å². The number of fused-ring (bicyclic) bond motifs is 2. The number of aromatic nitrogens is 4. The molecule has 2 aliphatic rings. The van der Waals surface area contributed by atoms with Crippen molar-refractivity contribution in [3.63, 3.8) is 0 Å². The standard InChI is InChI=1S/C26H27N5O3/c27-24-23-25(29-15-28-24)31(16-30-23)19-11-21(32-13-17-7-3-1-4-8-17)20-14-33-26(34-22(20)12-19)18-9-5-2-6-10-18/h1-10,15-16,19-22,26H,11-14H2,(H2,27,28,29)/t19-,20+,21-,22+,26-/m1/s1. The molecular formula is C26H27N5O3. The zero-order chi connectivity index (χ0) is 22.9. The Morgan fingerprint density at radius 3 is 2.59 bits per heavy atom. The number of nitrogens with zero attached hydrogens (tertiary/aromatic N) is 4. The van der Waals surface area contributed by atoms with E-state index in [4.69, 9.17) is 19.9 Å². The molecule has 1 aliphatic heterocycles. The van der Waals surface area contributed by atoms with Gasteiger partial charge in [-0.15, -0.1) is 0 Å². The second kappa shape index (κ2) is 9.13. The van der Waals surface area contributed by atoms with E-state index < -0.39 is 0 Å². The van der Waals surface area contributed by atoms with Crippen LogP contribution in [0.3, 0.4) is 0 Å². The van der Waals surface area contributed by atoms with E-state index in [0.29, 0.717) is 24.5 Å². The van der Waals surface area contributed by atoms with E-state index in [2.05, 4.69) is 31.7 Å². The van der Waals surface area contributed by atoms with Gasteiger partial charge in [0.05, 0.1) is 31.7 Å². The van der Waals surface area contributed by atoms with Crippen molar-refractivity contribution in [2.24, 2.45) is 5.92 Å². The molecule has 8 nitrogen and oxygen atoms in total. The number of nitrogens with two attached hydrogens (primary N) is 1. The summed E-state index contributed by atoms with van der Waals surface area (Å²) in [6, 6.07) is 20.4. The first-order chi connectivity index (χ1) is 16.8. The van der Waals surface area contributed by atoms with Crippen LogP contribution in [0.2, 0.25) is 0 Å². The molecule has 2 aromatic carbocycles. The van der Waals surface area contributed by atoms with E-state index in [0.717, 1.165) is 29.6 Å². The Balaban J connectivity index is 1.28. The Bertz CT molecular complexity index is 1240. The van der Waals surface area contributed by atoms with Crippen molar-refractivity contribution in [3.8, 4) is 0 Å². The van der Waals surface area contributed by atoms with Crippen molar-refractivity contribution >= 4 is 17.0 Å². The average molecular weight is 458 g/mol. The molecule has 0 bridgehead atoms. The van der Waals surface area contributed by atoms with Crippen LogP contribution >= 0.6 is 0 Å². The maximum atomic E-state index is 6.53. The Hall–Kier alpha value is -3.33. The van der Waals surface area contributed by atoms with E-state index in [-0.39, 0.29) is 30.5 Å². The van der Waals surface area contributed by atoms with Crippen LogP contribution in [0.25, 0.3) is 11.2 Å². The van der Waals surface area contributed by atoms with E-state index >= 15 is 0 Å². The molecule has 2 N–H and O–H groups in total. The third kappa shape index (κ3) is 4.04. The predicted octanol–water partition coefficient (Wildman–Crippen LogP) is 4.06. The molecule has 2 fully saturated rings. The molecule has 4 aromatic rings. The molecule has 5 atom stereocenters. The van der Waals surface area contributed by atoms with Crippen molar-refractivity contribution in [2.75, 3.05) is 12.3 Å². The minimum absolute atomic E-state index is 0.0184. The Kier molecular flexibility index (Phi) is 5.70. The van der Waals surface area contributed by atoms with Crippen LogP contribution in [0.1, 0.15) is 36.3 Å². The smallest absolute Gasteiger partial charge is 0.184 e. The van der Waals surface area contributed by atoms with Gasteiger partial charge in [0.25, 0.3) is 0 Å². The monoisotopic (exact) mass is 457 g/mol. The van der Waals surface area contributed by atoms with E-state index in [1.54, 1.807) is 0 Å². The number of anilines is 1. The van der Waals surface area contributed by atoms with Gasteiger partial charge in [-0.1, -0.05) is 60.7 Å². The number of imidazole rings is 1. The highest BCUT2D eigenvalue weighted by Crippen LogP contribution is 2.43. The lowest BCUT2D eigenvalue weighted by Gasteiger charge is -2.46. The van der Waals surface area contributed by atoms with Gasteiger partial charge in [-0.2, -0.15) is 0 Å². The van der Waals surface area contributed by atoms with E-state index in [1.807, 2.05) is 54.9 Å². The van der Waals surface area contributed by atoms with Gasteiger partial charge in [0.15, 0.2) is 17.8 Å². The zero-order valence-corrected chi connectivity index (χ0v) is 18.7. The fraction of sp³-hybridized carbons (Fsp3) is 0.346. The summed E-state index contributed by atoms with van der Waals surface area (Å²) >= 11 is 0. The minimum Gasteiger partial charge on any atom is -0.382 e. The van der Waals surface area contributed by atoms with Crippen molar-refractivity contribution in [1.82, 2.24) is 19.5 Å². The number of hydrogen-bond acceptors (Lipinski definition) is 7. The van der Waals surface area contributed by atoms with Gasteiger partial charge in [0, 0.05) is 17.5 Å². The summed E-state index contributed by atoms with van der Waals surface area (Å²) in [5.74, 6) is 0.537. The molecule has 0 radical (unpaired) electrons. The molecule has 2 aromatic heterocycles. The maximum absolute atomic E-state index is 6.53. The first-order valence-electron chi connectivity index (χ1n) is 11.7. The summed E-state index contributed by atoms with van der Waals surface area (Å²) in [5.41, 5.74) is 9.58. The summed E-state index contributed by atoms with van der Waals surface area (Å²) in [4.78, 5) is 13.0. The molecule has 3 heterocycles. The van der Waals surface area contributed by atoms with Gasteiger partial charge in [-0.25, -0.2) is 15.0 Å². The summed E-state index contributed by atoms with van der Waals surface area (Å²) in [6.45, 7) is 1.14. The highest BCUT2D eigenvalue weighted by molar-refractivity contribution is 5.81. The number of nitrogen functional groups attached to an aromatic ring is 1. The normalized spacial score (nSPS) is 26.9. The number of rotatable bonds is 5. The van der Waals surface area contributed by atoms with Gasteiger partial charge < -0.3 is 24.5 Å². The van der Waals surface area contributed by atoms with Crippen molar-refractivity contribution < 1.29 is 14.2 Å². The predicted molar refractivity (Wildman–Crippen MR) is 127 cm³/mol. The second-order valence-electron chi connectivity index (χ2n) is 8.96. The topological polar surface area (TPSA) is 97.3 Å². The van der Waals surface area contributed by atoms with Crippen LogP contribution in [0, 0.1) is 5.92 Å². The van der Waals surface area contributed by atoms with Gasteiger partial charge in [-0.05, 0) is 18.4 Å². The molecule has 1 saturated carbocycles. The number of hydrogen-bond donors (Lipinski definition) is 1. The fourth-order valence-corrected chi connectivity index (χ4v) is 5.11. The third-order valence-electron chi connectivity index (χ3n) is 6.86. The Morgan fingerprint density at radius 1 is 0.971 bits per heavy atom. The second-order valence-corrected chi connectivity index (χ2v) is 8.96. The molecule has 174 valence electrons. The zero-order valence-electron chi connectivity index (χ0n) is 18.7. The van der Waals surface area contributed by atoms with Crippen LogP contribution in [-0.2, 0) is 20.8 Å². The molecule has 8 heteroatoms. The van der Waals surface area contributed by atoms with Gasteiger partial charge >= 0.3 is 0 Å². The van der Waals surface area contributed by atoms with Crippen LogP contribution in [-0.4, -0.2) is 38.3 Å². The van der Waals surface area contributed by atoms with Crippen molar-refractivity contribution in [2.45, 2.75) is 44.0 Å². The Morgan fingerprint density at radius 2 is 1.76 bits per heavy atom. The first-order valence-corrected chi connectivity index (χ1v) is 11.7. The van der Waals surface area contributed by atoms with Crippen LogP contribution in [0.4, 0.5) is 5.82 Å². The molecule has 0 unspecified atom stereocenters. The lowest BCUT2D eigenvalue weighted by atomic mass is 9.80. The number of ether oxygens (including phenoxy) is 3. The average Bonchev–Trinajstić information content (AvgIpc) is 3.33. The SMILES string of the molecule is Nc1ncnc2c1ncn2[C@H]1C[C@@H]2O[C@H](c3ccccc3)OC[C@H]2[C@H](OCc2ccccc2)C1. The van der Waals surface area contributed by atoms with E-state index in [9.17, 15) is 0 Å². The van der Waals surface area contributed by atoms with Gasteiger partial charge in [-0.3, -0.25) is 0 Å². The van der Waals surface area contributed by atoms with Crippen LogP contribution in [0.15, 0.2) is 73.3 Å². The summed E-state index contributed by atoms with van der Waals surface area (Å²) in [7, 11) is 0. The largest absolute Gasteiger partial charge is 0.382 e. The first kappa shape index (κ1) is 21.2. The highest BCUT2D eigenvalue weighted by atomic mass is 16.7. The molecular weight excluding hydrogens is 430 g/mol. The molecule has 0 amide bonds. The fourth-order valence-electron chi connectivity index (χ4n) is 5.11. The highest BCUT2D eigenvalue weighted by Gasteiger charge is 2.44.